The van der Waals surface area contributed by atoms with Crippen LogP contribution in [0.1, 0.15) is 21.6 Å². The largest absolute Gasteiger partial charge is 0.365 e. The third-order valence-corrected chi connectivity index (χ3v) is 4.04. The van der Waals surface area contributed by atoms with Crippen molar-refractivity contribution in [1.82, 2.24) is 15.2 Å². The van der Waals surface area contributed by atoms with Gasteiger partial charge in [-0.1, -0.05) is 48.5 Å². The van der Waals surface area contributed by atoms with Crippen LogP contribution >= 0.6 is 0 Å². The number of para-hydroxylation sites is 1. The monoisotopic (exact) mass is 328 g/mol. The Labute approximate surface area is 144 Å². The van der Waals surface area contributed by atoms with Crippen molar-refractivity contribution in [2.75, 3.05) is 5.32 Å². The van der Waals surface area contributed by atoms with E-state index in [0.29, 0.717) is 23.6 Å². The van der Waals surface area contributed by atoms with Crippen molar-refractivity contribution in [3.8, 4) is 0 Å². The van der Waals surface area contributed by atoms with Gasteiger partial charge >= 0.3 is 0 Å². The Kier molecular flexibility index (Phi) is 3.96. The zero-order chi connectivity index (χ0) is 17.1. The molecular formula is C20H16N4O. The number of pyridine rings is 1. The SMILES string of the molecule is O=C(c1cccnc1NCc1ccccc1)c1n[nH]c2ccccc12. The minimum atomic E-state index is -0.152. The number of ketones is 1. The van der Waals surface area contributed by atoms with Gasteiger partial charge in [0, 0.05) is 18.1 Å². The van der Waals surface area contributed by atoms with E-state index in [1.807, 2.05) is 54.6 Å². The van der Waals surface area contributed by atoms with Gasteiger partial charge in [0.05, 0.1) is 11.1 Å². The molecule has 5 heteroatoms. The molecule has 0 aliphatic carbocycles. The minimum absolute atomic E-state index is 0.152. The highest BCUT2D eigenvalue weighted by Crippen LogP contribution is 2.22. The smallest absolute Gasteiger partial charge is 0.217 e. The number of carbonyl (C=O) groups excluding carboxylic acids is 1. The summed E-state index contributed by atoms with van der Waals surface area (Å²) in [6.07, 6.45) is 1.67. The molecule has 122 valence electrons. The lowest BCUT2D eigenvalue weighted by Crippen LogP contribution is -2.10. The van der Waals surface area contributed by atoms with Gasteiger partial charge in [-0.3, -0.25) is 9.89 Å². The molecule has 0 amide bonds. The van der Waals surface area contributed by atoms with Gasteiger partial charge in [0.2, 0.25) is 5.78 Å². The second-order valence-corrected chi connectivity index (χ2v) is 5.69. The van der Waals surface area contributed by atoms with Gasteiger partial charge in [0.25, 0.3) is 0 Å². The Hall–Kier alpha value is -3.47. The average molecular weight is 328 g/mol. The molecule has 0 atom stereocenters. The van der Waals surface area contributed by atoms with E-state index in [9.17, 15) is 4.79 Å². The van der Waals surface area contributed by atoms with Crippen LogP contribution in [-0.2, 0) is 6.54 Å². The number of hydrogen-bond donors (Lipinski definition) is 2. The highest BCUT2D eigenvalue weighted by atomic mass is 16.1. The quantitative estimate of drug-likeness (QED) is 0.547. The maximum Gasteiger partial charge on any atom is 0.217 e. The lowest BCUT2D eigenvalue weighted by molar-refractivity contribution is 0.103. The molecule has 0 saturated heterocycles. The number of rotatable bonds is 5. The van der Waals surface area contributed by atoms with E-state index in [2.05, 4.69) is 20.5 Å². The molecule has 2 heterocycles. The molecular weight excluding hydrogens is 312 g/mol. The Morgan fingerprint density at radius 2 is 1.76 bits per heavy atom. The molecule has 0 aliphatic rings. The molecule has 0 radical (unpaired) electrons. The molecule has 0 saturated carbocycles. The lowest BCUT2D eigenvalue weighted by atomic mass is 10.1. The zero-order valence-electron chi connectivity index (χ0n) is 13.4. The first-order chi connectivity index (χ1) is 12.3. The number of hydrogen-bond acceptors (Lipinski definition) is 4. The van der Waals surface area contributed by atoms with Gasteiger partial charge in [-0.25, -0.2) is 4.98 Å². The van der Waals surface area contributed by atoms with Gasteiger partial charge in [-0.05, 0) is 23.8 Å². The van der Waals surface area contributed by atoms with Gasteiger partial charge < -0.3 is 5.32 Å². The van der Waals surface area contributed by atoms with Crippen molar-refractivity contribution in [2.24, 2.45) is 0 Å². The second kappa shape index (κ2) is 6.57. The number of H-pyrrole nitrogens is 1. The van der Waals surface area contributed by atoms with Crippen molar-refractivity contribution in [3.63, 3.8) is 0 Å². The first kappa shape index (κ1) is 15.1. The summed E-state index contributed by atoms with van der Waals surface area (Å²) in [5.41, 5.74) is 2.88. The summed E-state index contributed by atoms with van der Waals surface area (Å²) < 4.78 is 0. The van der Waals surface area contributed by atoms with Crippen molar-refractivity contribution in [3.05, 3.63) is 89.7 Å². The molecule has 5 nitrogen and oxygen atoms in total. The minimum Gasteiger partial charge on any atom is -0.365 e. The first-order valence-electron chi connectivity index (χ1n) is 8.03. The van der Waals surface area contributed by atoms with Crippen molar-refractivity contribution in [1.29, 1.82) is 0 Å². The molecule has 4 aromatic rings. The van der Waals surface area contributed by atoms with E-state index >= 15 is 0 Å². The molecule has 25 heavy (non-hydrogen) atoms. The summed E-state index contributed by atoms with van der Waals surface area (Å²) >= 11 is 0. The summed E-state index contributed by atoms with van der Waals surface area (Å²) in [5.74, 6) is 0.407. The van der Waals surface area contributed by atoms with Crippen LogP contribution in [0, 0.1) is 0 Å². The van der Waals surface area contributed by atoms with Gasteiger partial charge in [0.1, 0.15) is 11.5 Å². The van der Waals surface area contributed by atoms with Crippen molar-refractivity contribution < 1.29 is 4.79 Å². The van der Waals surface area contributed by atoms with E-state index in [1.54, 1.807) is 18.3 Å². The number of aromatic amines is 1. The number of aromatic nitrogens is 3. The van der Waals surface area contributed by atoms with E-state index in [4.69, 9.17) is 0 Å². The Morgan fingerprint density at radius 3 is 2.64 bits per heavy atom. The summed E-state index contributed by atoms with van der Waals surface area (Å²) in [6, 6.07) is 21.1. The molecule has 4 rings (SSSR count). The molecule has 2 aromatic carbocycles. The van der Waals surface area contributed by atoms with Crippen molar-refractivity contribution in [2.45, 2.75) is 6.54 Å². The molecule has 2 aromatic heterocycles. The van der Waals surface area contributed by atoms with E-state index in [-0.39, 0.29) is 5.78 Å². The third kappa shape index (κ3) is 2.99. The van der Waals surface area contributed by atoms with Crippen LogP contribution in [-0.4, -0.2) is 21.0 Å². The van der Waals surface area contributed by atoms with Crippen LogP contribution in [0.4, 0.5) is 5.82 Å². The normalized spacial score (nSPS) is 10.7. The fourth-order valence-electron chi connectivity index (χ4n) is 2.78. The van der Waals surface area contributed by atoms with E-state index in [0.717, 1.165) is 16.5 Å². The van der Waals surface area contributed by atoms with Crippen LogP contribution in [0.3, 0.4) is 0 Å². The summed E-state index contributed by atoms with van der Waals surface area (Å²) in [6.45, 7) is 0.597. The summed E-state index contributed by atoms with van der Waals surface area (Å²) in [7, 11) is 0. The predicted octanol–water partition coefficient (Wildman–Crippen LogP) is 3.80. The number of nitrogens with one attached hydrogen (secondary N) is 2. The van der Waals surface area contributed by atoms with Crippen LogP contribution in [0.15, 0.2) is 72.9 Å². The Morgan fingerprint density at radius 1 is 0.960 bits per heavy atom. The highest BCUT2D eigenvalue weighted by Gasteiger charge is 2.19. The van der Waals surface area contributed by atoms with Gasteiger partial charge in [-0.2, -0.15) is 5.10 Å². The van der Waals surface area contributed by atoms with Crippen LogP contribution in [0.5, 0.6) is 0 Å². The molecule has 0 unspecified atom stereocenters. The molecule has 2 N–H and O–H groups in total. The predicted molar refractivity (Wildman–Crippen MR) is 97.5 cm³/mol. The molecule has 0 aliphatic heterocycles. The van der Waals surface area contributed by atoms with E-state index in [1.165, 1.54) is 0 Å². The third-order valence-electron chi connectivity index (χ3n) is 4.04. The van der Waals surface area contributed by atoms with Crippen LogP contribution in [0.25, 0.3) is 10.9 Å². The topological polar surface area (TPSA) is 70.7 Å². The molecule has 0 bridgehead atoms. The standard InChI is InChI=1S/C20H16N4O/c25-19(18-15-9-4-5-11-17(15)23-24-18)16-10-6-12-21-20(16)22-13-14-7-2-1-3-8-14/h1-12H,13H2,(H,21,22)(H,23,24). The second-order valence-electron chi connectivity index (χ2n) is 5.69. The Bertz CT molecular complexity index is 1020. The summed E-state index contributed by atoms with van der Waals surface area (Å²) in [4.78, 5) is 17.3. The first-order valence-corrected chi connectivity index (χ1v) is 8.03. The van der Waals surface area contributed by atoms with Gasteiger partial charge in [0.15, 0.2) is 0 Å². The number of nitrogens with zero attached hydrogens (tertiary/aromatic N) is 2. The highest BCUT2D eigenvalue weighted by molar-refractivity contribution is 6.16. The number of anilines is 1. The summed E-state index contributed by atoms with van der Waals surface area (Å²) in [5, 5.41) is 11.2. The number of carbonyl (C=O) groups is 1. The Balaban J connectivity index is 1.65. The van der Waals surface area contributed by atoms with Crippen LogP contribution in [0.2, 0.25) is 0 Å². The lowest BCUT2D eigenvalue weighted by Gasteiger charge is -2.09. The fraction of sp³-hybridized carbons (Fsp3) is 0.0500. The van der Waals surface area contributed by atoms with Crippen LogP contribution < -0.4 is 5.32 Å². The molecule has 0 spiro atoms. The fourth-order valence-corrected chi connectivity index (χ4v) is 2.78. The molecule has 0 fully saturated rings. The number of fused-ring (bicyclic) bond motifs is 1. The van der Waals surface area contributed by atoms with Crippen molar-refractivity contribution >= 4 is 22.5 Å². The maximum atomic E-state index is 13.0. The maximum absolute atomic E-state index is 13.0. The average Bonchev–Trinajstić information content (AvgIpc) is 3.11. The van der Waals surface area contributed by atoms with E-state index < -0.39 is 0 Å². The number of benzene rings is 2. The zero-order valence-corrected chi connectivity index (χ0v) is 13.4. The van der Waals surface area contributed by atoms with Gasteiger partial charge in [-0.15, -0.1) is 0 Å².